The summed E-state index contributed by atoms with van der Waals surface area (Å²) in [4.78, 5) is 21.0. The first-order valence-corrected chi connectivity index (χ1v) is 7.94. The third kappa shape index (κ3) is 4.67. The first kappa shape index (κ1) is 17.2. The van der Waals surface area contributed by atoms with Crippen molar-refractivity contribution in [3.05, 3.63) is 95.8 Å². The standard InChI is InChI=1S/C20H17N3O3/c21-19(17-9-5-11-22-13-17)23-26-20(24)16-8-4-10-18(12-16)25-14-15-6-2-1-3-7-15/h1-13H,14H2,(H2,21,23). The van der Waals surface area contributed by atoms with Gasteiger partial charge in [0.1, 0.15) is 12.4 Å². The van der Waals surface area contributed by atoms with E-state index in [0.717, 1.165) is 5.56 Å². The number of benzene rings is 2. The van der Waals surface area contributed by atoms with Crippen molar-refractivity contribution in [3.8, 4) is 5.75 Å². The fraction of sp³-hybridized carbons (Fsp3) is 0.0500. The lowest BCUT2D eigenvalue weighted by atomic mass is 10.2. The summed E-state index contributed by atoms with van der Waals surface area (Å²) < 4.78 is 5.70. The van der Waals surface area contributed by atoms with Gasteiger partial charge in [-0.15, -0.1) is 0 Å². The van der Waals surface area contributed by atoms with Crippen LogP contribution in [0.3, 0.4) is 0 Å². The fourth-order valence-electron chi connectivity index (χ4n) is 2.16. The van der Waals surface area contributed by atoms with Crippen LogP contribution in [0.15, 0.2) is 84.3 Å². The highest BCUT2D eigenvalue weighted by molar-refractivity contribution is 5.97. The third-order valence-corrected chi connectivity index (χ3v) is 3.50. The van der Waals surface area contributed by atoms with Gasteiger partial charge < -0.3 is 15.3 Å². The SMILES string of the molecule is N/C(=N/OC(=O)c1cccc(OCc2ccccc2)c1)c1cccnc1. The van der Waals surface area contributed by atoms with E-state index < -0.39 is 5.97 Å². The van der Waals surface area contributed by atoms with Crippen molar-refractivity contribution in [2.45, 2.75) is 6.61 Å². The van der Waals surface area contributed by atoms with E-state index in [1.165, 1.54) is 6.20 Å². The number of ether oxygens (including phenoxy) is 1. The maximum atomic E-state index is 12.2. The molecule has 0 saturated carbocycles. The summed E-state index contributed by atoms with van der Waals surface area (Å²) in [6, 6.07) is 19.9. The van der Waals surface area contributed by atoms with Gasteiger partial charge in [-0.2, -0.15) is 0 Å². The molecule has 0 bridgehead atoms. The first-order valence-electron chi connectivity index (χ1n) is 7.94. The minimum absolute atomic E-state index is 0.0722. The summed E-state index contributed by atoms with van der Waals surface area (Å²) in [6.07, 6.45) is 3.15. The van der Waals surface area contributed by atoms with E-state index in [-0.39, 0.29) is 5.84 Å². The molecule has 0 radical (unpaired) electrons. The zero-order chi connectivity index (χ0) is 18.2. The molecule has 0 aliphatic heterocycles. The number of nitrogens with two attached hydrogens (primary N) is 1. The predicted molar refractivity (Wildman–Crippen MR) is 97.6 cm³/mol. The Bertz CT molecular complexity index is 896. The number of oxime groups is 1. The molecule has 0 amide bonds. The van der Waals surface area contributed by atoms with Crippen molar-refractivity contribution in [1.82, 2.24) is 4.98 Å². The molecule has 0 saturated heterocycles. The summed E-state index contributed by atoms with van der Waals surface area (Å²) in [7, 11) is 0. The second kappa shape index (κ2) is 8.43. The number of rotatable bonds is 6. The Kier molecular flexibility index (Phi) is 5.57. The van der Waals surface area contributed by atoms with Crippen LogP contribution in [-0.2, 0) is 11.4 Å². The highest BCUT2D eigenvalue weighted by atomic mass is 16.7. The smallest absolute Gasteiger partial charge is 0.365 e. The van der Waals surface area contributed by atoms with Crippen LogP contribution in [0.1, 0.15) is 21.5 Å². The highest BCUT2D eigenvalue weighted by Crippen LogP contribution is 2.16. The van der Waals surface area contributed by atoms with Crippen LogP contribution in [0.2, 0.25) is 0 Å². The van der Waals surface area contributed by atoms with E-state index in [2.05, 4.69) is 10.1 Å². The number of pyridine rings is 1. The Hall–Kier alpha value is -3.67. The van der Waals surface area contributed by atoms with Crippen molar-refractivity contribution in [2.24, 2.45) is 10.9 Å². The molecule has 0 fully saturated rings. The molecule has 26 heavy (non-hydrogen) atoms. The second-order valence-corrected chi connectivity index (χ2v) is 5.40. The van der Waals surface area contributed by atoms with Crippen LogP contribution >= 0.6 is 0 Å². The van der Waals surface area contributed by atoms with E-state index in [0.29, 0.717) is 23.5 Å². The molecular weight excluding hydrogens is 330 g/mol. The largest absolute Gasteiger partial charge is 0.489 e. The monoisotopic (exact) mass is 347 g/mol. The summed E-state index contributed by atoms with van der Waals surface area (Å²) in [5, 5.41) is 3.66. The molecule has 0 aliphatic rings. The van der Waals surface area contributed by atoms with Gasteiger partial charge in [0.15, 0.2) is 5.84 Å². The van der Waals surface area contributed by atoms with Gasteiger partial charge in [0.05, 0.1) is 5.56 Å². The van der Waals surface area contributed by atoms with E-state index in [1.807, 2.05) is 30.3 Å². The molecule has 2 N–H and O–H groups in total. The normalized spacial score (nSPS) is 11.0. The zero-order valence-corrected chi connectivity index (χ0v) is 13.9. The Morgan fingerprint density at radius 2 is 1.81 bits per heavy atom. The summed E-state index contributed by atoms with van der Waals surface area (Å²) in [5.74, 6) is 0.0115. The van der Waals surface area contributed by atoms with Crippen LogP contribution in [0.4, 0.5) is 0 Å². The molecule has 2 aromatic carbocycles. The number of amidine groups is 1. The van der Waals surface area contributed by atoms with Gasteiger partial charge in [-0.25, -0.2) is 4.79 Å². The Labute approximate surface area is 150 Å². The molecule has 6 nitrogen and oxygen atoms in total. The molecule has 130 valence electrons. The molecule has 3 aromatic rings. The van der Waals surface area contributed by atoms with Crippen molar-refractivity contribution in [1.29, 1.82) is 0 Å². The van der Waals surface area contributed by atoms with Gasteiger partial charge in [0.2, 0.25) is 0 Å². The van der Waals surface area contributed by atoms with Crippen LogP contribution in [0, 0.1) is 0 Å². The van der Waals surface area contributed by atoms with Crippen molar-refractivity contribution in [2.75, 3.05) is 0 Å². The van der Waals surface area contributed by atoms with Gasteiger partial charge in [-0.1, -0.05) is 41.6 Å². The lowest BCUT2D eigenvalue weighted by Gasteiger charge is -2.07. The van der Waals surface area contributed by atoms with Crippen LogP contribution < -0.4 is 10.5 Å². The fourth-order valence-corrected chi connectivity index (χ4v) is 2.16. The number of hydrogen-bond donors (Lipinski definition) is 1. The number of aromatic nitrogens is 1. The Morgan fingerprint density at radius 1 is 1.00 bits per heavy atom. The van der Waals surface area contributed by atoms with E-state index in [1.54, 1.807) is 42.6 Å². The lowest BCUT2D eigenvalue weighted by molar-refractivity contribution is 0.0515. The third-order valence-electron chi connectivity index (χ3n) is 3.50. The average molecular weight is 347 g/mol. The zero-order valence-electron chi connectivity index (χ0n) is 13.9. The van der Waals surface area contributed by atoms with Crippen molar-refractivity contribution >= 4 is 11.8 Å². The molecule has 1 heterocycles. The van der Waals surface area contributed by atoms with E-state index in [4.69, 9.17) is 15.3 Å². The van der Waals surface area contributed by atoms with E-state index in [9.17, 15) is 4.79 Å². The molecule has 3 rings (SSSR count). The Morgan fingerprint density at radius 3 is 2.58 bits per heavy atom. The summed E-state index contributed by atoms with van der Waals surface area (Å²) in [5.41, 5.74) is 7.70. The van der Waals surface area contributed by atoms with Crippen LogP contribution in [0.25, 0.3) is 0 Å². The highest BCUT2D eigenvalue weighted by Gasteiger charge is 2.09. The summed E-state index contributed by atoms with van der Waals surface area (Å²) in [6.45, 7) is 0.408. The molecular formula is C20H17N3O3. The maximum Gasteiger partial charge on any atom is 0.365 e. The quantitative estimate of drug-likeness (QED) is 0.320. The van der Waals surface area contributed by atoms with Gasteiger partial charge in [-0.05, 0) is 35.9 Å². The lowest BCUT2D eigenvalue weighted by Crippen LogP contribution is -2.15. The van der Waals surface area contributed by atoms with Gasteiger partial charge in [0.25, 0.3) is 0 Å². The Balaban J connectivity index is 1.63. The maximum absolute atomic E-state index is 12.2. The number of hydrogen-bond acceptors (Lipinski definition) is 5. The van der Waals surface area contributed by atoms with Crippen molar-refractivity contribution in [3.63, 3.8) is 0 Å². The molecule has 0 atom stereocenters. The number of carbonyl (C=O) groups excluding carboxylic acids is 1. The van der Waals surface area contributed by atoms with Crippen LogP contribution in [-0.4, -0.2) is 16.8 Å². The molecule has 0 unspecified atom stereocenters. The van der Waals surface area contributed by atoms with Gasteiger partial charge in [0, 0.05) is 18.0 Å². The van der Waals surface area contributed by atoms with Crippen molar-refractivity contribution < 1.29 is 14.4 Å². The van der Waals surface area contributed by atoms with Crippen LogP contribution in [0.5, 0.6) is 5.75 Å². The minimum Gasteiger partial charge on any atom is -0.489 e. The molecule has 0 spiro atoms. The number of nitrogens with zero attached hydrogens (tertiary/aromatic N) is 2. The predicted octanol–water partition coefficient (Wildman–Crippen LogP) is 3.14. The average Bonchev–Trinajstić information content (AvgIpc) is 2.72. The second-order valence-electron chi connectivity index (χ2n) is 5.40. The van der Waals surface area contributed by atoms with Gasteiger partial charge >= 0.3 is 5.97 Å². The van der Waals surface area contributed by atoms with E-state index >= 15 is 0 Å². The molecule has 1 aromatic heterocycles. The minimum atomic E-state index is -0.623. The topological polar surface area (TPSA) is 86.8 Å². The molecule has 0 aliphatic carbocycles. The first-order chi connectivity index (χ1) is 12.7. The summed E-state index contributed by atoms with van der Waals surface area (Å²) >= 11 is 0. The molecule has 6 heteroatoms. The number of carbonyl (C=O) groups is 1. The van der Waals surface area contributed by atoms with Gasteiger partial charge in [-0.3, -0.25) is 4.98 Å².